The third-order valence-corrected chi connectivity index (χ3v) is 10.4. The molecule has 14 nitrogen and oxygen atoms in total. The van der Waals surface area contributed by atoms with E-state index in [2.05, 4.69) is 5.32 Å². The highest BCUT2D eigenvalue weighted by molar-refractivity contribution is 6.27. The summed E-state index contributed by atoms with van der Waals surface area (Å²) in [5.74, 6) is -4.86. The van der Waals surface area contributed by atoms with E-state index in [0.717, 1.165) is 4.90 Å². The Morgan fingerprint density at radius 1 is 0.846 bits per heavy atom. The number of carbonyl (C=O) groups excluding carboxylic acids is 2. The van der Waals surface area contributed by atoms with Gasteiger partial charge in [0.25, 0.3) is 5.56 Å². The number of fused-ring (bicyclic) bond motifs is 6. The molecule has 0 radical (unpaired) electrons. The monoisotopic (exact) mass is 709 g/mol. The second kappa shape index (κ2) is 12.1. The minimum atomic E-state index is -1.33. The van der Waals surface area contributed by atoms with Crippen molar-refractivity contribution in [3.63, 3.8) is 0 Å². The van der Waals surface area contributed by atoms with Crippen LogP contribution in [0.2, 0.25) is 0 Å². The van der Waals surface area contributed by atoms with Crippen LogP contribution >= 0.6 is 0 Å². The molecule has 7 N–H and O–H groups in total. The van der Waals surface area contributed by atoms with Gasteiger partial charge in [0.15, 0.2) is 0 Å². The molecule has 7 rings (SSSR count). The number of aromatic nitrogens is 1. The summed E-state index contributed by atoms with van der Waals surface area (Å²) in [6.07, 6.45) is 0.583. The van der Waals surface area contributed by atoms with Crippen molar-refractivity contribution in [2.45, 2.75) is 51.7 Å². The molecule has 3 atom stereocenters. The van der Waals surface area contributed by atoms with Crippen molar-refractivity contribution < 1.29 is 49.8 Å². The summed E-state index contributed by atoms with van der Waals surface area (Å²) in [5.41, 5.74) is -0.255. The maximum atomic E-state index is 14.5. The summed E-state index contributed by atoms with van der Waals surface area (Å²) in [7, 11) is 1.37. The number of aromatic hydroxyl groups is 5. The van der Waals surface area contributed by atoms with Gasteiger partial charge in [0.1, 0.15) is 53.1 Å². The first-order chi connectivity index (χ1) is 24.7. The predicted octanol–water partition coefficient (Wildman–Crippen LogP) is 4.46. The lowest BCUT2D eigenvalue weighted by atomic mass is 9.91. The zero-order valence-corrected chi connectivity index (χ0v) is 28.5. The Morgan fingerprint density at radius 3 is 2.19 bits per heavy atom. The molecule has 2 amide bonds. The Kier molecular flexibility index (Phi) is 7.92. The van der Waals surface area contributed by atoms with Crippen molar-refractivity contribution in [2.24, 2.45) is 0 Å². The number of rotatable bonds is 6. The van der Waals surface area contributed by atoms with E-state index < -0.39 is 59.2 Å². The number of aliphatic carboxylic acids is 1. The molecule has 52 heavy (non-hydrogen) atoms. The number of carboxylic acid groups (broad SMARTS) is 1. The number of hydrogen-bond donors (Lipinski definition) is 7. The largest absolute Gasteiger partial charge is 0.507 e. The summed E-state index contributed by atoms with van der Waals surface area (Å²) in [6, 6.07) is 8.28. The molecule has 1 fully saturated rings. The van der Waals surface area contributed by atoms with Crippen LogP contribution in [0.15, 0.2) is 47.3 Å². The topological polar surface area (TPSA) is 219 Å². The fourth-order valence-electron chi connectivity index (χ4n) is 7.43. The molecular formula is C38H35N3O11. The summed E-state index contributed by atoms with van der Waals surface area (Å²) >= 11 is 0. The van der Waals surface area contributed by atoms with Gasteiger partial charge in [-0.3, -0.25) is 14.4 Å². The molecule has 0 saturated carbocycles. The van der Waals surface area contributed by atoms with E-state index in [-0.39, 0.29) is 67.4 Å². The number of pyridine rings is 1. The van der Waals surface area contributed by atoms with Gasteiger partial charge in [-0.1, -0.05) is 19.9 Å². The number of nitrogens with one attached hydrogen (secondary N) is 1. The van der Waals surface area contributed by atoms with Crippen LogP contribution in [0.25, 0.3) is 53.9 Å². The van der Waals surface area contributed by atoms with Gasteiger partial charge in [0.2, 0.25) is 11.8 Å². The molecule has 1 aliphatic heterocycles. The van der Waals surface area contributed by atoms with Gasteiger partial charge >= 0.3 is 5.97 Å². The first kappa shape index (κ1) is 34.0. The Labute approximate surface area is 294 Å². The highest BCUT2D eigenvalue weighted by atomic mass is 16.5. The molecule has 268 valence electrons. The summed E-state index contributed by atoms with van der Waals surface area (Å²) in [6.45, 7) is 4.38. The van der Waals surface area contributed by atoms with Gasteiger partial charge in [-0.15, -0.1) is 0 Å². The smallest absolute Gasteiger partial charge is 0.328 e. The number of ether oxygens (including phenoxy) is 1. The first-order valence-corrected chi connectivity index (χ1v) is 16.6. The molecule has 0 spiro atoms. The average molecular weight is 710 g/mol. The Bertz CT molecular complexity index is 2630. The van der Waals surface area contributed by atoms with Crippen LogP contribution in [-0.4, -0.2) is 83.6 Å². The number of carboxylic acids is 1. The third kappa shape index (κ3) is 4.85. The van der Waals surface area contributed by atoms with E-state index in [1.54, 1.807) is 24.3 Å². The molecule has 0 bridgehead atoms. The quantitative estimate of drug-likeness (QED) is 0.0727. The molecule has 1 saturated heterocycles. The lowest BCUT2D eigenvalue weighted by Crippen LogP contribution is -2.63. The van der Waals surface area contributed by atoms with Crippen LogP contribution in [-0.2, 0) is 20.9 Å². The van der Waals surface area contributed by atoms with Crippen LogP contribution in [0.3, 0.4) is 0 Å². The van der Waals surface area contributed by atoms with E-state index in [1.807, 2.05) is 13.8 Å². The summed E-state index contributed by atoms with van der Waals surface area (Å²) in [5, 5.41) is 69.4. The lowest BCUT2D eigenvalue weighted by molar-refractivity contribution is -0.151. The Morgan fingerprint density at radius 2 is 1.52 bits per heavy atom. The highest BCUT2D eigenvalue weighted by Gasteiger charge is 2.38. The van der Waals surface area contributed by atoms with Crippen LogP contribution in [0.4, 0.5) is 0 Å². The zero-order chi connectivity index (χ0) is 37.5. The Hall–Kier alpha value is -6.44. The van der Waals surface area contributed by atoms with E-state index in [1.165, 1.54) is 36.8 Å². The number of amides is 2. The number of benzene rings is 5. The fourth-order valence-corrected chi connectivity index (χ4v) is 7.43. The molecule has 0 aliphatic carbocycles. The highest BCUT2D eigenvalue weighted by Crippen LogP contribution is 2.53. The van der Waals surface area contributed by atoms with Crippen molar-refractivity contribution in [3.8, 4) is 34.5 Å². The third-order valence-electron chi connectivity index (χ3n) is 10.4. The number of carbonyl (C=O) groups is 3. The molecule has 3 unspecified atom stereocenters. The Balaban J connectivity index is 1.52. The van der Waals surface area contributed by atoms with Crippen LogP contribution in [0, 0.1) is 0 Å². The molecular weight excluding hydrogens is 674 g/mol. The fraction of sp³-hybridized carbons (Fsp3) is 0.263. The van der Waals surface area contributed by atoms with Gasteiger partial charge in [-0.05, 0) is 66.4 Å². The zero-order valence-electron chi connectivity index (χ0n) is 28.5. The molecule has 14 heteroatoms. The van der Waals surface area contributed by atoms with E-state index in [0.29, 0.717) is 28.3 Å². The van der Waals surface area contributed by atoms with Gasteiger partial charge in [-0.2, -0.15) is 0 Å². The normalized spacial score (nSPS) is 16.9. The maximum Gasteiger partial charge on any atom is 0.328 e. The standard InChI is InChI=1S/C38H35N3O11/c1-5-15(2)23-11-18-10-17-6-7-19-30(34(47)31-21(35(19)52-4)12-20-24(42)8-9-25(43)29(20)33(31)46)27(17)32(45)28(18)37(49)41(23)14-26(44)40-13-22(38(50)51)39-36(48)16(40)3/h6-12,15-16,22,42-43,45-47H,5,13-14H2,1-4H3,(H,39,48)(H,50,51). The number of nitrogens with zero attached hydrogens (tertiary/aromatic N) is 2. The van der Waals surface area contributed by atoms with Crippen molar-refractivity contribution >= 4 is 71.6 Å². The number of phenolic OH excluding ortho intramolecular Hbond substituents is 5. The molecule has 5 aromatic carbocycles. The van der Waals surface area contributed by atoms with Crippen LogP contribution in [0.5, 0.6) is 34.5 Å². The predicted molar refractivity (Wildman–Crippen MR) is 193 cm³/mol. The minimum absolute atomic E-state index is 0.0245. The van der Waals surface area contributed by atoms with Crippen LogP contribution < -0.4 is 15.6 Å². The summed E-state index contributed by atoms with van der Waals surface area (Å²) < 4.78 is 6.98. The molecule has 1 aliphatic rings. The van der Waals surface area contributed by atoms with Crippen LogP contribution in [0.1, 0.15) is 38.8 Å². The SMILES string of the molecule is CCC(C)c1cc2cc3ccc4c(OC)c5cc6c(O)ccc(O)c6c(O)c5c(O)c4c3c(O)c2c(=O)n1CC(=O)N1CC(C(=O)O)NC(=O)C1C. The number of hydrogen-bond acceptors (Lipinski definition) is 10. The lowest BCUT2D eigenvalue weighted by Gasteiger charge is -2.36. The second-order valence-electron chi connectivity index (χ2n) is 13.2. The van der Waals surface area contributed by atoms with E-state index in [4.69, 9.17) is 4.74 Å². The van der Waals surface area contributed by atoms with Gasteiger partial charge in [-0.25, -0.2) is 4.79 Å². The second-order valence-corrected chi connectivity index (χ2v) is 13.2. The number of piperazine rings is 1. The first-order valence-electron chi connectivity index (χ1n) is 16.6. The maximum absolute atomic E-state index is 14.5. The van der Waals surface area contributed by atoms with Gasteiger partial charge in [0.05, 0.1) is 29.8 Å². The average Bonchev–Trinajstić information content (AvgIpc) is 3.11. The number of methoxy groups -OCH3 is 1. The van der Waals surface area contributed by atoms with Gasteiger partial charge in [0, 0.05) is 32.6 Å². The van der Waals surface area contributed by atoms with E-state index in [9.17, 15) is 49.8 Å². The van der Waals surface area contributed by atoms with Crippen molar-refractivity contribution in [1.82, 2.24) is 14.8 Å². The minimum Gasteiger partial charge on any atom is -0.507 e. The van der Waals surface area contributed by atoms with Crippen molar-refractivity contribution in [3.05, 3.63) is 58.5 Å². The van der Waals surface area contributed by atoms with Crippen molar-refractivity contribution in [1.29, 1.82) is 0 Å². The summed E-state index contributed by atoms with van der Waals surface area (Å²) in [4.78, 5) is 53.6. The van der Waals surface area contributed by atoms with Gasteiger partial charge < -0.3 is 50.2 Å². The number of phenols is 5. The molecule has 6 aromatic rings. The molecule has 2 heterocycles. The van der Waals surface area contributed by atoms with Crippen molar-refractivity contribution in [2.75, 3.05) is 13.7 Å². The molecule has 1 aromatic heterocycles. The van der Waals surface area contributed by atoms with E-state index >= 15 is 0 Å².